The molecular weight excluding hydrogens is 312 g/mol. The molecule has 0 amide bonds. The minimum Gasteiger partial charge on any atom is -0.493 e. The van der Waals surface area contributed by atoms with E-state index in [1.807, 2.05) is 31.2 Å². The van der Waals surface area contributed by atoms with Crippen LogP contribution in [0.3, 0.4) is 0 Å². The molecule has 0 atom stereocenters. The number of rotatable bonds is 9. The molecule has 24 heavy (non-hydrogen) atoms. The zero-order valence-corrected chi connectivity index (χ0v) is 13.7. The summed E-state index contributed by atoms with van der Waals surface area (Å²) < 4.78 is 21.9. The molecule has 0 saturated heterocycles. The molecule has 0 aliphatic carbocycles. The molecule has 0 aliphatic rings. The van der Waals surface area contributed by atoms with Crippen LogP contribution in [0.15, 0.2) is 42.5 Å². The van der Waals surface area contributed by atoms with Gasteiger partial charge in [-0.15, -0.1) is 0 Å². The van der Waals surface area contributed by atoms with E-state index in [0.29, 0.717) is 29.6 Å². The largest absolute Gasteiger partial charge is 0.493 e. The maximum absolute atomic E-state index is 11.0. The van der Waals surface area contributed by atoms with E-state index in [1.54, 1.807) is 6.07 Å². The molecule has 2 aromatic rings. The Hall–Kier alpha value is -2.89. The molecule has 0 aromatic heterocycles. The first-order valence-corrected chi connectivity index (χ1v) is 7.54. The van der Waals surface area contributed by atoms with Gasteiger partial charge in [-0.2, -0.15) is 0 Å². The van der Waals surface area contributed by atoms with E-state index in [2.05, 4.69) is 0 Å². The van der Waals surface area contributed by atoms with Crippen LogP contribution in [-0.2, 0) is 0 Å². The van der Waals surface area contributed by atoms with Crippen LogP contribution in [0.5, 0.6) is 23.0 Å². The van der Waals surface area contributed by atoms with Crippen LogP contribution >= 0.6 is 0 Å². The van der Waals surface area contributed by atoms with Gasteiger partial charge in [0.2, 0.25) is 0 Å². The van der Waals surface area contributed by atoms with Crippen LogP contribution in [0.2, 0.25) is 0 Å². The fraction of sp³-hybridized carbons (Fsp3) is 0.278. The second kappa shape index (κ2) is 8.67. The number of carbonyl (C=O) groups is 1. The van der Waals surface area contributed by atoms with Gasteiger partial charge in [0.05, 0.1) is 19.3 Å². The Bertz CT molecular complexity index is 683. The van der Waals surface area contributed by atoms with Crippen LogP contribution in [0.25, 0.3) is 0 Å². The number of hydrogen-bond donors (Lipinski definition) is 1. The molecule has 0 saturated carbocycles. The standard InChI is InChI=1S/C18H20O6/c1-3-22-15-6-4-5-7-16(15)23-10-11-24-17-12-13(18(19)20)8-9-14(17)21-2/h4-9,12H,3,10-11H2,1-2H3,(H,19,20). The predicted molar refractivity (Wildman–Crippen MR) is 88.6 cm³/mol. The van der Waals surface area contributed by atoms with E-state index in [0.717, 1.165) is 0 Å². The van der Waals surface area contributed by atoms with E-state index in [4.69, 9.17) is 24.1 Å². The first-order valence-electron chi connectivity index (χ1n) is 7.54. The fourth-order valence-corrected chi connectivity index (χ4v) is 2.07. The average Bonchev–Trinajstić information content (AvgIpc) is 2.60. The van der Waals surface area contributed by atoms with Crippen LogP contribution in [0.4, 0.5) is 0 Å². The van der Waals surface area contributed by atoms with Crippen molar-refractivity contribution in [2.24, 2.45) is 0 Å². The van der Waals surface area contributed by atoms with Crippen molar-refractivity contribution in [3.63, 3.8) is 0 Å². The highest BCUT2D eigenvalue weighted by Gasteiger charge is 2.10. The van der Waals surface area contributed by atoms with E-state index in [9.17, 15) is 4.79 Å². The maximum atomic E-state index is 11.0. The van der Waals surface area contributed by atoms with Gasteiger partial charge in [-0.3, -0.25) is 0 Å². The molecule has 2 aromatic carbocycles. The second-order valence-electron chi connectivity index (χ2n) is 4.75. The Morgan fingerprint density at radius 3 is 2.12 bits per heavy atom. The van der Waals surface area contributed by atoms with E-state index >= 15 is 0 Å². The first-order chi connectivity index (χ1) is 11.7. The molecule has 0 spiro atoms. The highest BCUT2D eigenvalue weighted by Crippen LogP contribution is 2.29. The Morgan fingerprint density at radius 2 is 1.54 bits per heavy atom. The SMILES string of the molecule is CCOc1ccccc1OCCOc1cc(C(=O)O)ccc1OC. The van der Waals surface area contributed by atoms with Gasteiger partial charge in [0, 0.05) is 0 Å². The summed E-state index contributed by atoms with van der Waals surface area (Å²) in [6.45, 7) is 2.97. The number of carboxylic acids is 1. The zero-order chi connectivity index (χ0) is 17.4. The van der Waals surface area contributed by atoms with Gasteiger partial charge in [-0.05, 0) is 37.3 Å². The Morgan fingerprint density at radius 1 is 0.917 bits per heavy atom. The summed E-state index contributed by atoms with van der Waals surface area (Å²) in [6.07, 6.45) is 0. The van der Waals surface area contributed by atoms with Gasteiger partial charge in [0.1, 0.15) is 13.2 Å². The van der Waals surface area contributed by atoms with E-state index in [-0.39, 0.29) is 18.8 Å². The number of benzene rings is 2. The molecule has 0 radical (unpaired) electrons. The van der Waals surface area contributed by atoms with Crippen LogP contribution in [-0.4, -0.2) is 38.0 Å². The smallest absolute Gasteiger partial charge is 0.335 e. The van der Waals surface area contributed by atoms with Gasteiger partial charge in [0.25, 0.3) is 0 Å². The lowest BCUT2D eigenvalue weighted by molar-refractivity contribution is 0.0696. The summed E-state index contributed by atoms with van der Waals surface area (Å²) >= 11 is 0. The van der Waals surface area contributed by atoms with Crippen molar-refractivity contribution in [1.29, 1.82) is 0 Å². The van der Waals surface area contributed by atoms with E-state index < -0.39 is 5.97 Å². The number of ether oxygens (including phenoxy) is 4. The summed E-state index contributed by atoms with van der Waals surface area (Å²) in [7, 11) is 1.50. The molecule has 0 aliphatic heterocycles. The third kappa shape index (κ3) is 4.55. The number of methoxy groups -OCH3 is 1. The topological polar surface area (TPSA) is 74.2 Å². The van der Waals surface area contributed by atoms with Gasteiger partial charge in [-0.1, -0.05) is 12.1 Å². The van der Waals surface area contributed by atoms with Crippen molar-refractivity contribution in [3.05, 3.63) is 48.0 Å². The van der Waals surface area contributed by atoms with Gasteiger partial charge < -0.3 is 24.1 Å². The van der Waals surface area contributed by atoms with Crippen molar-refractivity contribution in [2.75, 3.05) is 26.9 Å². The Balaban J connectivity index is 1.95. The third-order valence-electron chi connectivity index (χ3n) is 3.16. The zero-order valence-electron chi connectivity index (χ0n) is 13.7. The Kier molecular flexibility index (Phi) is 6.31. The van der Waals surface area contributed by atoms with E-state index in [1.165, 1.54) is 19.2 Å². The van der Waals surface area contributed by atoms with Crippen LogP contribution < -0.4 is 18.9 Å². The number of carboxylic acid groups (broad SMARTS) is 1. The highest BCUT2D eigenvalue weighted by molar-refractivity contribution is 5.88. The minimum absolute atomic E-state index is 0.133. The van der Waals surface area contributed by atoms with Crippen molar-refractivity contribution >= 4 is 5.97 Å². The molecule has 6 heteroatoms. The van der Waals surface area contributed by atoms with Gasteiger partial charge in [0.15, 0.2) is 23.0 Å². The normalized spacial score (nSPS) is 10.1. The third-order valence-corrected chi connectivity index (χ3v) is 3.16. The molecule has 1 N–H and O–H groups in total. The van der Waals surface area contributed by atoms with Gasteiger partial charge in [-0.25, -0.2) is 4.79 Å². The molecule has 128 valence electrons. The summed E-state index contributed by atoms with van der Waals surface area (Å²) in [5.41, 5.74) is 0.133. The van der Waals surface area contributed by atoms with Crippen molar-refractivity contribution < 1.29 is 28.8 Å². The molecule has 6 nitrogen and oxygen atoms in total. The van der Waals surface area contributed by atoms with Crippen molar-refractivity contribution in [3.8, 4) is 23.0 Å². The lowest BCUT2D eigenvalue weighted by atomic mass is 10.2. The summed E-state index contributed by atoms with van der Waals surface area (Å²) in [6, 6.07) is 11.8. The lowest BCUT2D eigenvalue weighted by Gasteiger charge is -2.13. The predicted octanol–water partition coefficient (Wildman–Crippen LogP) is 3.25. The fourth-order valence-electron chi connectivity index (χ4n) is 2.07. The molecule has 2 rings (SSSR count). The Labute approximate surface area is 140 Å². The van der Waals surface area contributed by atoms with Crippen molar-refractivity contribution in [1.82, 2.24) is 0 Å². The average molecular weight is 332 g/mol. The van der Waals surface area contributed by atoms with Crippen LogP contribution in [0, 0.1) is 0 Å². The number of hydrogen-bond acceptors (Lipinski definition) is 5. The molecule has 0 heterocycles. The maximum Gasteiger partial charge on any atom is 0.335 e. The second-order valence-corrected chi connectivity index (χ2v) is 4.75. The quantitative estimate of drug-likeness (QED) is 0.711. The number of aromatic carboxylic acids is 1. The summed E-state index contributed by atoms with van der Waals surface area (Å²) in [5.74, 6) is 1.11. The first kappa shape index (κ1) is 17.5. The molecule has 0 fully saturated rings. The van der Waals surface area contributed by atoms with Crippen LogP contribution in [0.1, 0.15) is 17.3 Å². The van der Waals surface area contributed by atoms with Gasteiger partial charge >= 0.3 is 5.97 Å². The van der Waals surface area contributed by atoms with Crippen molar-refractivity contribution in [2.45, 2.75) is 6.92 Å². The molecular formula is C18H20O6. The minimum atomic E-state index is -1.02. The number of para-hydroxylation sites is 2. The highest BCUT2D eigenvalue weighted by atomic mass is 16.5. The molecule has 0 unspecified atom stereocenters. The summed E-state index contributed by atoms with van der Waals surface area (Å²) in [4.78, 5) is 11.0. The monoisotopic (exact) mass is 332 g/mol. The summed E-state index contributed by atoms with van der Waals surface area (Å²) in [5, 5.41) is 9.04. The molecule has 0 bridgehead atoms. The lowest BCUT2D eigenvalue weighted by Crippen LogP contribution is -2.11.